The molecule has 0 radical (unpaired) electrons. The molecule has 1 aromatic heterocycles. The summed E-state index contributed by atoms with van der Waals surface area (Å²) in [6.07, 6.45) is 3.36. The van der Waals surface area contributed by atoms with Crippen molar-refractivity contribution < 1.29 is 14.6 Å². The van der Waals surface area contributed by atoms with Crippen molar-refractivity contribution in [3.63, 3.8) is 0 Å². The van der Waals surface area contributed by atoms with Gasteiger partial charge < -0.3 is 15.2 Å². The van der Waals surface area contributed by atoms with Gasteiger partial charge in [0.05, 0.1) is 23.6 Å². The van der Waals surface area contributed by atoms with Crippen molar-refractivity contribution in [1.29, 1.82) is 0 Å². The number of thiazole rings is 1. The number of carbonyl (C=O) groups excluding carboxylic acids is 1. The number of aliphatic hydroxyl groups excluding tert-OH is 1. The second-order valence-electron chi connectivity index (χ2n) is 3.89. The number of hydrogen-bond acceptors (Lipinski definition) is 5. The van der Waals surface area contributed by atoms with Crippen molar-refractivity contribution in [3.05, 3.63) is 11.1 Å². The van der Waals surface area contributed by atoms with Gasteiger partial charge in [-0.25, -0.2) is 4.98 Å². The lowest BCUT2D eigenvalue weighted by molar-refractivity contribution is -0.123. The normalized spacial score (nSPS) is 18.8. The maximum absolute atomic E-state index is 11.9. The summed E-state index contributed by atoms with van der Waals surface area (Å²) in [7, 11) is 0. The Hall–Kier alpha value is -1.42. The Morgan fingerprint density at radius 3 is 3.33 bits per heavy atom. The van der Waals surface area contributed by atoms with E-state index in [4.69, 9.17) is 9.84 Å². The lowest BCUT2D eigenvalue weighted by Crippen LogP contribution is -2.30. The molecule has 96 valence electrons. The van der Waals surface area contributed by atoms with Crippen LogP contribution >= 0.6 is 11.3 Å². The number of nitrogens with one attached hydrogen (secondary N) is 1. The van der Waals surface area contributed by atoms with Gasteiger partial charge >= 0.3 is 0 Å². The van der Waals surface area contributed by atoms with E-state index in [1.54, 1.807) is 6.20 Å². The number of nitrogens with zero attached hydrogens (tertiary/aromatic N) is 1. The quantitative estimate of drug-likeness (QED) is 0.779. The number of carbonyl (C=O) groups is 1. The summed E-state index contributed by atoms with van der Waals surface area (Å²) in [4.78, 5) is 16.7. The molecule has 6 heteroatoms. The van der Waals surface area contributed by atoms with Crippen molar-refractivity contribution >= 4 is 22.4 Å². The van der Waals surface area contributed by atoms with E-state index in [1.165, 1.54) is 11.3 Å². The highest BCUT2D eigenvalue weighted by atomic mass is 32.1. The van der Waals surface area contributed by atoms with Crippen LogP contribution in [0.25, 0.3) is 0 Å². The van der Waals surface area contributed by atoms with Crippen LogP contribution < -0.4 is 5.32 Å². The molecule has 0 spiro atoms. The van der Waals surface area contributed by atoms with Crippen molar-refractivity contribution in [3.8, 4) is 11.8 Å². The number of ether oxygens (including phenoxy) is 1. The molecule has 2 heterocycles. The molecule has 0 aliphatic carbocycles. The van der Waals surface area contributed by atoms with Gasteiger partial charge in [-0.3, -0.25) is 4.79 Å². The summed E-state index contributed by atoms with van der Waals surface area (Å²) < 4.78 is 5.27. The van der Waals surface area contributed by atoms with Crippen molar-refractivity contribution in [2.75, 3.05) is 25.1 Å². The van der Waals surface area contributed by atoms with E-state index in [2.05, 4.69) is 22.1 Å². The number of aliphatic hydroxyl groups is 1. The molecule has 1 aliphatic heterocycles. The van der Waals surface area contributed by atoms with Gasteiger partial charge in [0.1, 0.15) is 6.61 Å². The van der Waals surface area contributed by atoms with Gasteiger partial charge in [-0.2, -0.15) is 0 Å². The number of amides is 1. The van der Waals surface area contributed by atoms with E-state index in [0.717, 1.165) is 24.3 Å². The molecular formula is C12H14N2O3S. The number of aromatic nitrogens is 1. The van der Waals surface area contributed by atoms with Crippen LogP contribution in [0.1, 0.15) is 17.7 Å². The lowest BCUT2D eigenvalue weighted by atomic mass is 10.0. The van der Waals surface area contributed by atoms with Crippen molar-refractivity contribution in [2.24, 2.45) is 5.92 Å². The number of rotatable bonds is 2. The Morgan fingerprint density at radius 2 is 2.61 bits per heavy atom. The molecule has 2 rings (SSSR count). The zero-order valence-electron chi connectivity index (χ0n) is 9.81. The summed E-state index contributed by atoms with van der Waals surface area (Å²) in [5.41, 5.74) is 0. The summed E-state index contributed by atoms with van der Waals surface area (Å²) >= 11 is 1.30. The first-order valence-electron chi connectivity index (χ1n) is 5.74. The second-order valence-corrected chi connectivity index (χ2v) is 4.92. The van der Waals surface area contributed by atoms with Gasteiger partial charge in [0, 0.05) is 6.61 Å². The lowest BCUT2D eigenvalue weighted by Gasteiger charge is -2.20. The maximum atomic E-state index is 11.9. The molecule has 1 saturated heterocycles. The van der Waals surface area contributed by atoms with Gasteiger partial charge in [0.15, 0.2) is 5.13 Å². The minimum atomic E-state index is -0.182. The highest BCUT2D eigenvalue weighted by Crippen LogP contribution is 2.20. The van der Waals surface area contributed by atoms with Crippen LogP contribution in [0.15, 0.2) is 6.20 Å². The molecule has 0 saturated carbocycles. The SMILES string of the molecule is O=C(Nc1ncc(C#CCO)s1)C1CCCOC1. The van der Waals surface area contributed by atoms with Crippen LogP contribution in [-0.2, 0) is 9.53 Å². The van der Waals surface area contributed by atoms with Crippen LogP contribution in [0, 0.1) is 17.8 Å². The fraction of sp³-hybridized carbons (Fsp3) is 0.500. The monoisotopic (exact) mass is 266 g/mol. The van der Waals surface area contributed by atoms with Crippen LogP contribution in [0.2, 0.25) is 0 Å². The third-order valence-electron chi connectivity index (χ3n) is 2.56. The zero-order chi connectivity index (χ0) is 12.8. The van der Waals surface area contributed by atoms with E-state index in [0.29, 0.717) is 11.7 Å². The van der Waals surface area contributed by atoms with Crippen LogP contribution in [-0.4, -0.2) is 35.8 Å². The van der Waals surface area contributed by atoms with Crippen LogP contribution in [0.4, 0.5) is 5.13 Å². The summed E-state index contributed by atoms with van der Waals surface area (Å²) in [5, 5.41) is 11.9. The molecule has 0 bridgehead atoms. The molecule has 1 fully saturated rings. The molecule has 1 aliphatic rings. The average Bonchev–Trinajstić information content (AvgIpc) is 2.85. The minimum Gasteiger partial charge on any atom is -0.384 e. The van der Waals surface area contributed by atoms with E-state index in [-0.39, 0.29) is 18.4 Å². The summed E-state index contributed by atoms with van der Waals surface area (Å²) in [6, 6.07) is 0. The van der Waals surface area contributed by atoms with Crippen molar-refractivity contribution in [2.45, 2.75) is 12.8 Å². The van der Waals surface area contributed by atoms with E-state index in [9.17, 15) is 4.79 Å². The first kappa shape index (κ1) is 13.0. The molecule has 1 atom stereocenters. The standard InChI is InChI=1S/C12H14N2O3S/c15-5-1-4-10-7-13-12(18-10)14-11(16)9-3-2-6-17-8-9/h7,9,15H,2-3,5-6,8H2,(H,13,14,16). The Morgan fingerprint density at radius 1 is 1.72 bits per heavy atom. The Bertz CT molecular complexity index is 469. The smallest absolute Gasteiger partial charge is 0.231 e. The Kier molecular flexibility index (Phi) is 4.70. The highest BCUT2D eigenvalue weighted by Gasteiger charge is 2.22. The molecule has 1 aromatic rings. The molecule has 2 N–H and O–H groups in total. The predicted octanol–water partition coefficient (Wildman–Crippen LogP) is 0.852. The number of anilines is 1. The largest absolute Gasteiger partial charge is 0.384 e. The van der Waals surface area contributed by atoms with E-state index < -0.39 is 0 Å². The molecular weight excluding hydrogens is 252 g/mol. The van der Waals surface area contributed by atoms with Gasteiger partial charge in [-0.05, 0) is 12.8 Å². The highest BCUT2D eigenvalue weighted by molar-refractivity contribution is 7.16. The summed E-state index contributed by atoms with van der Waals surface area (Å²) in [6.45, 7) is 1.04. The fourth-order valence-corrected chi connectivity index (χ4v) is 2.37. The number of hydrogen-bond donors (Lipinski definition) is 2. The topological polar surface area (TPSA) is 71.5 Å². The van der Waals surface area contributed by atoms with Gasteiger partial charge in [0.25, 0.3) is 0 Å². The molecule has 18 heavy (non-hydrogen) atoms. The summed E-state index contributed by atoms with van der Waals surface area (Å²) in [5.74, 6) is 5.15. The minimum absolute atomic E-state index is 0.0503. The Labute approximate surface area is 109 Å². The first-order valence-corrected chi connectivity index (χ1v) is 6.55. The van der Waals surface area contributed by atoms with Gasteiger partial charge in [0.2, 0.25) is 5.91 Å². The second kappa shape index (κ2) is 6.50. The maximum Gasteiger partial charge on any atom is 0.231 e. The Balaban J connectivity index is 1.92. The van der Waals surface area contributed by atoms with Crippen LogP contribution in [0.3, 0.4) is 0 Å². The molecule has 1 unspecified atom stereocenters. The van der Waals surface area contributed by atoms with Crippen LogP contribution in [0.5, 0.6) is 0 Å². The van der Waals surface area contributed by atoms with E-state index >= 15 is 0 Å². The van der Waals surface area contributed by atoms with Gasteiger partial charge in [-0.1, -0.05) is 23.2 Å². The fourth-order valence-electron chi connectivity index (χ4n) is 1.67. The predicted molar refractivity (Wildman–Crippen MR) is 68.3 cm³/mol. The molecule has 5 nitrogen and oxygen atoms in total. The van der Waals surface area contributed by atoms with Gasteiger partial charge in [-0.15, -0.1) is 0 Å². The molecule has 1 amide bonds. The van der Waals surface area contributed by atoms with E-state index in [1.807, 2.05) is 0 Å². The first-order chi connectivity index (χ1) is 8.79. The third-order valence-corrected chi connectivity index (χ3v) is 3.39. The molecule has 0 aromatic carbocycles. The zero-order valence-corrected chi connectivity index (χ0v) is 10.6. The van der Waals surface area contributed by atoms with Crippen molar-refractivity contribution in [1.82, 2.24) is 4.98 Å². The average molecular weight is 266 g/mol. The third kappa shape index (κ3) is 3.53.